The zero-order valence-electron chi connectivity index (χ0n) is 15.5. The number of hydrogen-bond donors (Lipinski definition) is 2. The lowest BCUT2D eigenvalue weighted by Crippen LogP contribution is -2.31. The lowest BCUT2D eigenvalue weighted by atomic mass is 9.95. The van der Waals surface area contributed by atoms with Crippen molar-refractivity contribution in [2.45, 2.75) is 64.1 Å². The third kappa shape index (κ3) is 3.83. The van der Waals surface area contributed by atoms with Gasteiger partial charge in [0.2, 0.25) is 5.95 Å². The number of benzene rings is 1. The van der Waals surface area contributed by atoms with Gasteiger partial charge in [0.05, 0.1) is 6.10 Å². The summed E-state index contributed by atoms with van der Waals surface area (Å²) in [6.45, 7) is 3.62. The Balaban J connectivity index is 1.47. The molecule has 0 spiro atoms. The van der Waals surface area contributed by atoms with Crippen molar-refractivity contribution in [2.24, 2.45) is 0 Å². The standard InChI is InChI=1S/C21H28N4O/c1-15(26)16-7-8-18-14-25(12-10-17(18)13-16)20-9-11-22-21(24-20)23-19-5-3-2-4-6-19/h7-9,11,13,15,19,26H,2-6,10,12,14H2,1H3,(H,22,23,24)/t15-/m0/s1. The molecule has 2 heterocycles. The van der Waals surface area contributed by atoms with Gasteiger partial charge in [-0.15, -0.1) is 0 Å². The normalized spacial score (nSPS) is 19.1. The fraction of sp³-hybridized carbons (Fsp3) is 0.524. The van der Waals surface area contributed by atoms with Gasteiger partial charge in [-0.05, 0) is 48.9 Å². The smallest absolute Gasteiger partial charge is 0.224 e. The van der Waals surface area contributed by atoms with Crippen molar-refractivity contribution in [3.05, 3.63) is 47.2 Å². The van der Waals surface area contributed by atoms with E-state index < -0.39 is 6.10 Å². The molecule has 0 unspecified atom stereocenters. The van der Waals surface area contributed by atoms with Crippen LogP contribution in [0.1, 0.15) is 61.8 Å². The van der Waals surface area contributed by atoms with Crippen LogP contribution in [0.4, 0.5) is 11.8 Å². The van der Waals surface area contributed by atoms with Gasteiger partial charge in [-0.3, -0.25) is 0 Å². The van der Waals surface area contributed by atoms with E-state index in [0.29, 0.717) is 6.04 Å². The van der Waals surface area contributed by atoms with Gasteiger partial charge >= 0.3 is 0 Å². The first-order chi connectivity index (χ1) is 12.7. The number of anilines is 2. The molecule has 2 aromatic rings. The van der Waals surface area contributed by atoms with Gasteiger partial charge in [-0.2, -0.15) is 4.98 Å². The van der Waals surface area contributed by atoms with E-state index in [2.05, 4.69) is 27.3 Å². The van der Waals surface area contributed by atoms with Gasteiger partial charge in [-0.25, -0.2) is 4.98 Å². The molecule has 0 amide bonds. The lowest BCUT2D eigenvalue weighted by Gasteiger charge is -2.30. The van der Waals surface area contributed by atoms with Crippen molar-refractivity contribution in [1.82, 2.24) is 9.97 Å². The van der Waals surface area contributed by atoms with Crippen LogP contribution in [0.25, 0.3) is 0 Å². The van der Waals surface area contributed by atoms with Gasteiger partial charge in [0, 0.05) is 25.3 Å². The Morgan fingerprint density at radius 1 is 1.15 bits per heavy atom. The van der Waals surface area contributed by atoms with Crippen molar-refractivity contribution < 1.29 is 5.11 Å². The van der Waals surface area contributed by atoms with Crippen LogP contribution in [0.5, 0.6) is 0 Å². The molecule has 1 atom stereocenters. The molecule has 2 N–H and O–H groups in total. The Kier molecular flexibility index (Phi) is 5.07. The Morgan fingerprint density at radius 3 is 2.81 bits per heavy atom. The maximum atomic E-state index is 9.79. The molecule has 138 valence electrons. The number of aliphatic hydroxyl groups is 1. The second kappa shape index (κ2) is 7.62. The second-order valence-corrected chi connectivity index (χ2v) is 7.59. The average Bonchev–Trinajstić information content (AvgIpc) is 2.68. The predicted molar refractivity (Wildman–Crippen MR) is 104 cm³/mol. The third-order valence-corrected chi connectivity index (χ3v) is 5.63. The molecule has 1 aliphatic carbocycles. The zero-order valence-corrected chi connectivity index (χ0v) is 15.5. The maximum Gasteiger partial charge on any atom is 0.224 e. The first-order valence-electron chi connectivity index (χ1n) is 9.83. The van der Waals surface area contributed by atoms with Crippen molar-refractivity contribution in [2.75, 3.05) is 16.8 Å². The largest absolute Gasteiger partial charge is 0.389 e. The van der Waals surface area contributed by atoms with Crippen LogP contribution in [0.2, 0.25) is 0 Å². The minimum absolute atomic E-state index is 0.409. The highest BCUT2D eigenvalue weighted by atomic mass is 16.3. The molecule has 1 fully saturated rings. The Labute approximate surface area is 155 Å². The molecule has 1 saturated carbocycles. The van der Waals surface area contributed by atoms with E-state index in [1.807, 2.05) is 25.3 Å². The van der Waals surface area contributed by atoms with E-state index >= 15 is 0 Å². The van der Waals surface area contributed by atoms with Crippen LogP contribution in [-0.2, 0) is 13.0 Å². The number of aliphatic hydroxyl groups excluding tert-OH is 1. The topological polar surface area (TPSA) is 61.3 Å². The van der Waals surface area contributed by atoms with Crippen molar-refractivity contribution in [1.29, 1.82) is 0 Å². The van der Waals surface area contributed by atoms with Gasteiger partial charge in [0.25, 0.3) is 0 Å². The van der Waals surface area contributed by atoms with Gasteiger partial charge in [-0.1, -0.05) is 37.5 Å². The molecule has 0 bridgehead atoms. The maximum absolute atomic E-state index is 9.79. The minimum Gasteiger partial charge on any atom is -0.389 e. The summed E-state index contributed by atoms with van der Waals surface area (Å²) in [6, 6.07) is 8.84. The zero-order chi connectivity index (χ0) is 17.9. The SMILES string of the molecule is C[C@H](O)c1ccc2c(c1)CCN(c1ccnc(NC3CCCCC3)n1)C2. The van der Waals surface area contributed by atoms with Gasteiger partial charge in [0.15, 0.2) is 0 Å². The van der Waals surface area contributed by atoms with Crippen LogP contribution in [0, 0.1) is 0 Å². The van der Waals surface area contributed by atoms with Crippen molar-refractivity contribution in [3.63, 3.8) is 0 Å². The molecule has 1 aliphatic heterocycles. The molecule has 5 nitrogen and oxygen atoms in total. The van der Waals surface area contributed by atoms with Crippen LogP contribution in [-0.4, -0.2) is 27.7 Å². The van der Waals surface area contributed by atoms with E-state index in [1.165, 1.54) is 43.2 Å². The molecule has 0 saturated heterocycles. The van der Waals surface area contributed by atoms with Crippen LogP contribution < -0.4 is 10.2 Å². The molecule has 1 aromatic carbocycles. The summed E-state index contributed by atoms with van der Waals surface area (Å²) in [7, 11) is 0. The van der Waals surface area contributed by atoms with Crippen LogP contribution in [0.3, 0.4) is 0 Å². The molecule has 4 rings (SSSR count). The predicted octanol–water partition coefficient (Wildman–Crippen LogP) is 3.84. The van der Waals surface area contributed by atoms with Crippen molar-refractivity contribution in [3.8, 4) is 0 Å². The highest BCUT2D eigenvalue weighted by molar-refractivity contribution is 5.47. The number of aromatic nitrogens is 2. The summed E-state index contributed by atoms with van der Waals surface area (Å²) in [5, 5.41) is 13.3. The average molecular weight is 352 g/mol. The number of fused-ring (bicyclic) bond motifs is 1. The van der Waals surface area contributed by atoms with E-state index in [9.17, 15) is 5.11 Å². The molecule has 1 aromatic heterocycles. The summed E-state index contributed by atoms with van der Waals surface area (Å²) in [4.78, 5) is 11.5. The highest BCUT2D eigenvalue weighted by Gasteiger charge is 2.20. The summed E-state index contributed by atoms with van der Waals surface area (Å²) in [6.07, 6.45) is 8.82. The Hall–Kier alpha value is -2.14. The highest BCUT2D eigenvalue weighted by Crippen LogP contribution is 2.27. The van der Waals surface area contributed by atoms with E-state index in [1.54, 1.807) is 0 Å². The molecule has 26 heavy (non-hydrogen) atoms. The van der Waals surface area contributed by atoms with Crippen molar-refractivity contribution >= 4 is 11.8 Å². The molecule has 5 heteroatoms. The monoisotopic (exact) mass is 352 g/mol. The Morgan fingerprint density at radius 2 is 2.00 bits per heavy atom. The van der Waals surface area contributed by atoms with Crippen LogP contribution >= 0.6 is 0 Å². The number of rotatable bonds is 4. The fourth-order valence-electron chi connectivity index (χ4n) is 4.05. The quantitative estimate of drug-likeness (QED) is 0.875. The first kappa shape index (κ1) is 17.3. The molecule has 0 radical (unpaired) electrons. The Bertz CT molecular complexity index is 755. The van der Waals surface area contributed by atoms with E-state index in [4.69, 9.17) is 4.98 Å². The summed E-state index contributed by atoms with van der Waals surface area (Å²) >= 11 is 0. The van der Waals surface area contributed by atoms with Gasteiger partial charge in [0.1, 0.15) is 5.82 Å². The third-order valence-electron chi connectivity index (χ3n) is 5.63. The molecular formula is C21H28N4O. The summed E-state index contributed by atoms with van der Waals surface area (Å²) < 4.78 is 0. The fourth-order valence-corrected chi connectivity index (χ4v) is 4.05. The van der Waals surface area contributed by atoms with Gasteiger partial charge < -0.3 is 15.3 Å². The summed E-state index contributed by atoms with van der Waals surface area (Å²) in [5.41, 5.74) is 3.66. The minimum atomic E-state index is -0.409. The molecular weight excluding hydrogens is 324 g/mol. The number of nitrogens with one attached hydrogen (secondary N) is 1. The number of hydrogen-bond acceptors (Lipinski definition) is 5. The van der Waals surface area contributed by atoms with E-state index in [0.717, 1.165) is 36.8 Å². The number of nitrogens with zero attached hydrogens (tertiary/aromatic N) is 3. The second-order valence-electron chi connectivity index (χ2n) is 7.59. The van der Waals surface area contributed by atoms with E-state index in [-0.39, 0.29) is 0 Å². The lowest BCUT2D eigenvalue weighted by molar-refractivity contribution is 0.199. The van der Waals surface area contributed by atoms with Crippen LogP contribution in [0.15, 0.2) is 30.5 Å². The molecule has 2 aliphatic rings. The first-order valence-corrected chi connectivity index (χ1v) is 9.83. The summed E-state index contributed by atoms with van der Waals surface area (Å²) in [5.74, 6) is 1.74.